The van der Waals surface area contributed by atoms with E-state index in [1.807, 2.05) is 12.1 Å². The van der Waals surface area contributed by atoms with Crippen LogP contribution in [-0.4, -0.2) is 47.0 Å². The van der Waals surface area contributed by atoms with Crippen LogP contribution in [0.25, 0.3) is 0 Å². The molecule has 3 N–H and O–H groups in total. The van der Waals surface area contributed by atoms with E-state index in [2.05, 4.69) is 47.4 Å². The van der Waals surface area contributed by atoms with Crippen LogP contribution < -0.4 is 10.6 Å². The Hall–Kier alpha value is -3.28. The number of nitriles is 1. The van der Waals surface area contributed by atoms with Crippen LogP contribution >= 0.6 is 23.2 Å². The molecule has 40 heavy (non-hydrogen) atoms. The van der Waals surface area contributed by atoms with Gasteiger partial charge >= 0.3 is 5.97 Å². The van der Waals surface area contributed by atoms with Gasteiger partial charge in [0.05, 0.1) is 12.5 Å². The van der Waals surface area contributed by atoms with Gasteiger partial charge in [0.2, 0.25) is 0 Å². The summed E-state index contributed by atoms with van der Waals surface area (Å²) >= 11 is 12.5. The predicted octanol–water partition coefficient (Wildman–Crippen LogP) is 6.60. The number of rotatable bonds is 9. The molecule has 2 aromatic rings. The molecule has 214 valence electrons. The molecule has 0 aliphatic heterocycles. The summed E-state index contributed by atoms with van der Waals surface area (Å²) < 4.78 is 0. The Morgan fingerprint density at radius 3 is 2.25 bits per heavy atom. The second-order valence-electron chi connectivity index (χ2n) is 11.2. The van der Waals surface area contributed by atoms with Crippen molar-refractivity contribution in [2.45, 2.75) is 65.5 Å². The molecule has 0 spiro atoms. The van der Waals surface area contributed by atoms with E-state index in [0.29, 0.717) is 39.7 Å². The second kappa shape index (κ2) is 14.4. The van der Waals surface area contributed by atoms with Crippen LogP contribution in [0.15, 0.2) is 47.5 Å². The zero-order valence-electron chi connectivity index (χ0n) is 23.2. The van der Waals surface area contributed by atoms with Crippen molar-refractivity contribution in [2.24, 2.45) is 16.3 Å². The van der Waals surface area contributed by atoms with Crippen LogP contribution in [0.1, 0.15) is 68.8 Å². The number of hydrogen-bond acceptors (Lipinski definition) is 4. The zero-order valence-corrected chi connectivity index (χ0v) is 24.7. The number of hydrogen-bond donors (Lipinski definition) is 3. The first-order valence-corrected chi connectivity index (χ1v) is 14.2. The van der Waals surface area contributed by atoms with Gasteiger partial charge in [0, 0.05) is 40.4 Å². The second-order valence-corrected chi connectivity index (χ2v) is 12.0. The summed E-state index contributed by atoms with van der Waals surface area (Å²) in [4.78, 5) is 29.9. The summed E-state index contributed by atoms with van der Waals surface area (Å²) in [5.74, 6) is -0.0889. The summed E-state index contributed by atoms with van der Waals surface area (Å²) in [6.07, 6.45) is 4.01. The lowest BCUT2D eigenvalue weighted by atomic mass is 9.71. The summed E-state index contributed by atoms with van der Waals surface area (Å²) in [5, 5.41) is 25.1. The van der Waals surface area contributed by atoms with E-state index < -0.39 is 5.97 Å². The van der Waals surface area contributed by atoms with E-state index in [1.165, 1.54) is 0 Å². The minimum absolute atomic E-state index is 0.0140. The number of aliphatic carboxylic acids is 1. The highest BCUT2D eigenvalue weighted by molar-refractivity contribution is 6.35. The minimum Gasteiger partial charge on any atom is -0.481 e. The fourth-order valence-electron chi connectivity index (χ4n) is 5.04. The first-order chi connectivity index (χ1) is 19.0. The van der Waals surface area contributed by atoms with Crippen LogP contribution in [0, 0.1) is 22.7 Å². The lowest BCUT2D eigenvalue weighted by Crippen LogP contribution is -2.46. The molecule has 2 aromatic carbocycles. The van der Waals surface area contributed by atoms with Crippen LogP contribution in [0.4, 0.5) is 5.69 Å². The molecule has 0 radical (unpaired) electrons. The smallest absolute Gasteiger partial charge is 0.305 e. The van der Waals surface area contributed by atoms with Gasteiger partial charge in [-0.3, -0.25) is 9.59 Å². The topological polar surface area (TPSA) is 118 Å². The number of benzene rings is 2. The van der Waals surface area contributed by atoms with Gasteiger partial charge in [0.1, 0.15) is 6.54 Å². The third kappa shape index (κ3) is 9.42. The van der Waals surface area contributed by atoms with Gasteiger partial charge < -0.3 is 20.6 Å². The van der Waals surface area contributed by atoms with Crippen molar-refractivity contribution in [3.8, 4) is 6.07 Å². The fraction of sp³-hybridized carbons (Fsp3) is 0.467. The van der Waals surface area contributed by atoms with Gasteiger partial charge in [-0.05, 0) is 72.9 Å². The summed E-state index contributed by atoms with van der Waals surface area (Å²) in [7, 11) is 0. The molecule has 3 rings (SSSR count). The van der Waals surface area contributed by atoms with E-state index >= 15 is 0 Å². The summed E-state index contributed by atoms with van der Waals surface area (Å²) in [6, 6.07) is 14.7. The zero-order chi connectivity index (χ0) is 29.3. The van der Waals surface area contributed by atoms with Crippen LogP contribution in [0.5, 0.6) is 0 Å². The number of anilines is 1. The van der Waals surface area contributed by atoms with Crippen LogP contribution in [-0.2, 0) is 11.3 Å². The van der Waals surface area contributed by atoms with Crippen molar-refractivity contribution in [1.29, 1.82) is 5.26 Å². The van der Waals surface area contributed by atoms with Crippen molar-refractivity contribution in [3.05, 3.63) is 63.6 Å². The largest absolute Gasteiger partial charge is 0.481 e. The lowest BCUT2D eigenvalue weighted by Gasteiger charge is -2.42. The third-order valence-corrected chi connectivity index (χ3v) is 7.68. The average Bonchev–Trinajstić information content (AvgIpc) is 2.89. The Bertz CT molecular complexity index is 1220. The number of carbonyl (C=O) groups excluding carboxylic acids is 1. The highest BCUT2D eigenvalue weighted by Gasteiger charge is 2.33. The van der Waals surface area contributed by atoms with Gasteiger partial charge in [-0.1, -0.05) is 56.1 Å². The molecule has 0 saturated heterocycles. The number of carbonyl (C=O) groups is 2. The number of halogens is 2. The molecule has 1 amide bonds. The van der Waals surface area contributed by atoms with Gasteiger partial charge in [-0.25, -0.2) is 4.99 Å². The molecule has 0 bridgehead atoms. The highest BCUT2D eigenvalue weighted by atomic mass is 35.5. The molecule has 1 fully saturated rings. The Morgan fingerprint density at radius 2 is 1.70 bits per heavy atom. The first-order valence-electron chi connectivity index (χ1n) is 13.5. The van der Waals surface area contributed by atoms with Gasteiger partial charge in [0.15, 0.2) is 5.96 Å². The Labute approximate surface area is 246 Å². The molecule has 0 atom stereocenters. The molecule has 10 heteroatoms. The maximum atomic E-state index is 12.4. The number of nitrogens with one attached hydrogen (secondary N) is 2. The maximum Gasteiger partial charge on any atom is 0.305 e. The van der Waals surface area contributed by atoms with Gasteiger partial charge in [0.25, 0.3) is 5.91 Å². The maximum absolute atomic E-state index is 12.4. The number of carboxylic acids is 1. The molecular formula is C30H37Cl2N5O3. The number of nitrogens with zero attached hydrogens (tertiary/aromatic N) is 3. The van der Waals surface area contributed by atoms with E-state index in [-0.39, 0.29) is 36.9 Å². The molecule has 0 aromatic heterocycles. The van der Waals surface area contributed by atoms with Crippen LogP contribution in [0.3, 0.4) is 0 Å². The van der Waals surface area contributed by atoms with Crippen molar-refractivity contribution in [1.82, 2.24) is 10.2 Å². The summed E-state index contributed by atoms with van der Waals surface area (Å²) in [5.41, 5.74) is 2.34. The van der Waals surface area contributed by atoms with Crippen LogP contribution in [0.2, 0.25) is 10.0 Å². The SMILES string of the molecule is CC(C)(C)C1CCC(N(Cc2ccc(C(=O)NCCC(=O)O)cc2)C(=NCC#N)Nc2cc(Cl)cc(Cl)c2)CC1. The summed E-state index contributed by atoms with van der Waals surface area (Å²) in [6.45, 7) is 7.44. The van der Waals surface area contributed by atoms with Crippen molar-refractivity contribution in [3.63, 3.8) is 0 Å². The molecule has 8 nitrogen and oxygen atoms in total. The number of guanidine groups is 1. The van der Waals surface area contributed by atoms with E-state index in [0.717, 1.165) is 31.2 Å². The molecule has 1 saturated carbocycles. The standard InChI is InChI=1S/C30H37Cl2N5O3/c1-30(2,3)22-8-10-26(11-9-22)37(29(35-15-13-33)36-25-17-23(31)16-24(32)18-25)19-20-4-6-21(7-5-20)28(40)34-14-12-27(38)39/h4-7,16-18,22,26H,8-12,14-15,19H2,1-3H3,(H,34,40)(H,35,36)(H,38,39). The lowest BCUT2D eigenvalue weighted by molar-refractivity contribution is -0.136. The Balaban J connectivity index is 1.86. The predicted molar refractivity (Wildman–Crippen MR) is 160 cm³/mol. The Kier molecular flexibility index (Phi) is 11.2. The third-order valence-electron chi connectivity index (χ3n) is 7.25. The van der Waals surface area contributed by atoms with Crippen molar-refractivity contribution < 1.29 is 14.7 Å². The number of carboxylic acid groups (broad SMARTS) is 1. The quantitative estimate of drug-likeness (QED) is 0.173. The average molecular weight is 587 g/mol. The van der Waals surface area contributed by atoms with E-state index in [9.17, 15) is 14.9 Å². The van der Waals surface area contributed by atoms with Crippen molar-refractivity contribution in [2.75, 3.05) is 18.4 Å². The van der Waals surface area contributed by atoms with Crippen molar-refractivity contribution >= 4 is 46.7 Å². The van der Waals surface area contributed by atoms with Gasteiger partial charge in [-0.15, -0.1) is 0 Å². The first kappa shape index (κ1) is 31.3. The van der Waals surface area contributed by atoms with Gasteiger partial charge in [-0.2, -0.15) is 5.26 Å². The fourth-order valence-corrected chi connectivity index (χ4v) is 5.57. The molecule has 0 unspecified atom stereocenters. The van der Waals surface area contributed by atoms with E-state index in [4.69, 9.17) is 28.3 Å². The minimum atomic E-state index is -0.963. The number of aliphatic imine (C=N–C) groups is 1. The molecule has 0 heterocycles. The number of amides is 1. The molecule has 1 aliphatic rings. The molecular weight excluding hydrogens is 549 g/mol. The van der Waals surface area contributed by atoms with E-state index in [1.54, 1.807) is 30.3 Å². The molecule has 1 aliphatic carbocycles. The monoisotopic (exact) mass is 585 g/mol. The normalized spacial score (nSPS) is 17.6. The Morgan fingerprint density at radius 1 is 1.07 bits per heavy atom. The highest BCUT2D eigenvalue weighted by Crippen LogP contribution is 2.39.